The summed E-state index contributed by atoms with van der Waals surface area (Å²) in [5, 5.41) is 0. The van der Waals surface area contributed by atoms with Crippen LogP contribution in [0.3, 0.4) is 0 Å². The molecule has 0 N–H and O–H groups in total. The molecule has 1 saturated carbocycles. The first-order chi connectivity index (χ1) is 15.3. The fraction of sp³-hybridized carbons (Fsp3) is 0.435. The summed E-state index contributed by atoms with van der Waals surface area (Å²) >= 11 is 0. The van der Waals surface area contributed by atoms with Crippen LogP contribution in [0.2, 0.25) is 0 Å². The molecule has 1 fully saturated rings. The molecule has 4 atom stereocenters. The van der Waals surface area contributed by atoms with Crippen LogP contribution in [-0.4, -0.2) is 19.2 Å². The number of ether oxygens (including phenoxy) is 2. The molecule has 180 valence electrons. The summed E-state index contributed by atoms with van der Waals surface area (Å²) in [6.45, 7) is 1.35. The van der Waals surface area contributed by atoms with Gasteiger partial charge in [-0.3, -0.25) is 4.79 Å². The first kappa shape index (κ1) is 25.0. The molecule has 0 heterocycles. The van der Waals surface area contributed by atoms with Gasteiger partial charge in [-0.15, -0.1) is 0 Å². The van der Waals surface area contributed by atoms with Crippen molar-refractivity contribution < 1.29 is 45.0 Å². The molecule has 1 aliphatic carbocycles. The Morgan fingerprint density at radius 2 is 1.48 bits per heavy atom. The molecule has 3 nitrogen and oxygen atoms in total. The first-order valence-corrected chi connectivity index (χ1v) is 10.1. The van der Waals surface area contributed by atoms with Gasteiger partial charge in [-0.1, -0.05) is 12.1 Å². The maximum Gasteiger partial charge on any atom is 0.416 e. The van der Waals surface area contributed by atoms with Crippen molar-refractivity contribution in [2.75, 3.05) is 7.11 Å². The molecule has 0 saturated heterocycles. The van der Waals surface area contributed by atoms with Gasteiger partial charge >= 0.3 is 18.3 Å². The molecule has 2 aromatic rings. The van der Waals surface area contributed by atoms with Crippen molar-refractivity contribution in [1.29, 1.82) is 0 Å². The third-order valence-electron chi connectivity index (χ3n) is 5.81. The molecular formula is C23H21F7O3. The number of carbonyl (C=O) groups is 1. The topological polar surface area (TPSA) is 35.5 Å². The second-order valence-corrected chi connectivity index (χ2v) is 7.94. The van der Waals surface area contributed by atoms with Crippen LogP contribution in [0.5, 0.6) is 0 Å². The molecule has 0 aliphatic heterocycles. The SMILES string of the molecule is COC(=O)C1CC[C@H](OC(C)c2cc(C(F)(F)F)cc(C(F)(F)F)c2)C1c1ccc(F)cc1. The number of benzene rings is 2. The van der Waals surface area contributed by atoms with E-state index in [0.29, 0.717) is 30.5 Å². The van der Waals surface area contributed by atoms with E-state index in [2.05, 4.69) is 0 Å². The normalized spacial score (nSPS) is 22.3. The molecule has 0 spiro atoms. The van der Waals surface area contributed by atoms with E-state index in [4.69, 9.17) is 9.47 Å². The van der Waals surface area contributed by atoms with E-state index >= 15 is 0 Å². The summed E-state index contributed by atoms with van der Waals surface area (Å²) in [6, 6.07) is 6.64. The van der Waals surface area contributed by atoms with E-state index < -0.39 is 59.3 Å². The van der Waals surface area contributed by atoms with Crippen molar-refractivity contribution in [1.82, 2.24) is 0 Å². The minimum Gasteiger partial charge on any atom is -0.469 e. The minimum atomic E-state index is -4.98. The van der Waals surface area contributed by atoms with Crippen molar-refractivity contribution in [3.05, 3.63) is 70.5 Å². The lowest BCUT2D eigenvalue weighted by Gasteiger charge is -2.28. The number of carbonyl (C=O) groups excluding carboxylic acids is 1. The van der Waals surface area contributed by atoms with E-state index in [1.807, 2.05) is 0 Å². The number of hydrogen-bond donors (Lipinski definition) is 0. The van der Waals surface area contributed by atoms with Crippen molar-refractivity contribution in [3.63, 3.8) is 0 Å². The van der Waals surface area contributed by atoms with Crippen molar-refractivity contribution in [2.24, 2.45) is 5.92 Å². The molecule has 3 unspecified atom stereocenters. The van der Waals surface area contributed by atoms with E-state index in [1.54, 1.807) is 0 Å². The standard InChI is InChI=1S/C23H21F7O3/c1-12(14-9-15(22(25,26)27)11-16(10-14)23(28,29)30)33-19-8-7-18(21(31)32-2)20(19)13-3-5-17(24)6-4-13/h3-6,9-12,18-20H,7-8H2,1-2H3/t12?,18?,19-,20?/m0/s1. The predicted molar refractivity (Wildman–Crippen MR) is 104 cm³/mol. The van der Waals surface area contributed by atoms with Gasteiger partial charge < -0.3 is 9.47 Å². The number of methoxy groups -OCH3 is 1. The summed E-state index contributed by atoms with van der Waals surface area (Å²) in [5.41, 5.74) is -2.61. The number of hydrogen-bond acceptors (Lipinski definition) is 3. The average molecular weight is 478 g/mol. The van der Waals surface area contributed by atoms with E-state index in [9.17, 15) is 35.5 Å². The summed E-state index contributed by atoms with van der Waals surface area (Å²) in [4.78, 5) is 12.3. The molecule has 0 bridgehead atoms. The third kappa shape index (κ3) is 5.66. The van der Waals surface area contributed by atoms with Crippen LogP contribution in [0.4, 0.5) is 30.7 Å². The van der Waals surface area contributed by atoms with Crippen molar-refractivity contribution in [3.8, 4) is 0 Å². The van der Waals surface area contributed by atoms with E-state index in [1.165, 1.54) is 38.3 Å². The number of alkyl halides is 6. The fourth-order valence-corrected chi connectivity index (χ4v) is 4.22. The third-order valence-corrected chi connectivity index (χ3v) is 5.81. The van der Waals surface area contributed by atoms with Crippen LogP contribution in [0.15, 0.2) is 42.5 Å². The molecular weight excluding hydrogens is 457 g/mol. The Morgan fingerprint density at radius 1 is 0.939 bits per heavy atom. The fourth-order valence-electron chi connectivity index (χ4n) is 4.22. The van der Waals surface area contributed by atoms with Gasteiger partial charge in [-0.25, -0.2) is 4.39 Å². The van der Waals surface area contributed by atoms with Gasteiger partial charge in [0.1, 0.15) is 5.82 Å². The van der Waals surface area contributed by atoms with Crippen LogP contribution in [0.25, 0.3) is 0 Å². The van der Waals surface area contributed by atoms with Crippen LogP contribution < -0.4 is 0 Å². The van der Waals surface area contributed by atoms with Crippen LogP contribution >= 0.6 is 0 Å². The van der Waals surface area contributed by atoms with Crippen molar-refractivity contribution >= 4 is 5.97 Å². The Balaban J connectivity index is 1.94. The Bertz CT molecular complexity index is 951. The quantitative estimate of drug-likeness (QED) is 0.356. The monoisotopic (exact) mass is 478 g/mol. The minimum absolute atomic E-state index is 0.0559. The van der Waals surface area contributed by atoms with Gasteiger partial charge in [0, 0.05) is 5.92 Å². The van der Waals surface area contributed by atoms with Gasteiger partial charge in [0.15, 0.2) is 0 Å². The van der Waals surface area contributed by atoms with Gasteiger partial charge in [0.25, 0.3) is 0 Å². The highest BCUT2D eigenvalue weighted by molar-refractivity contribution is 5.74. The van der Waals surface area contributed by atoms with E-state index in [-0.39, 0.29) is 11.6 Å². The summed E-state index contributed by atoms with van der Waals surface area (Å²) in [7, 11) is 1.21. The summed E-state index contributed by atoms with van der Waals surface area (Å²) in [5.74, 6) is -2.28. The van der Waals surface area contributed by atoms with Gasteiger partial charge in [-0.2, -0.15) is 26.3 Å². The molecule has 1 aliphatic rings. The second kappa shape index (κ2) is 9.32. The zero-order valence-electron chi connectivity index (χ0n) is 17.6. The lowest BCUT2D eigenvalue weighted by molar-refractivity contribution is -0.147. The van der Waals surface area contributed by atoms with Gasteiger partial charge in [-0.05, 0) is 61.2 Å². The lowest BCUT2D eigenvalue weighted by atomic mass is 9.87. The predicted octanol–water partition coefficient (Wildman–Crippen LogP) is 6.68. The maximum absolute atomic E-state index is 13.4. The highest BCUT2D eigenvalue weighted by Crippen LogP contribution is 2.45. The van der Waals surface area contributed by atoms with Crippen molar-refractivity contribution in [2.45, 2.75) is 50.2 Å². The molecule has 10 heteroatoms. The molecule has 0 amide bonds. The Hall–Kier alpha value is -2.62. The smallest absolute Gasteiger partial charge is 0.416 e. The number of halogens is 7. The zero-order valence-corrected chi connectivity index (χ0v) is 17.6. The van der Waals surface area contributed by atoms with Crippen LogP contribution in [-0.2, 0) is 26.6 Å². The highest BCUT2D eigenvalue weighted by Gasteiger charge is 2.44. The first-order valence-electron chi connectivity index (χ1n) is 10.1. The van der Waals surface area contributed by atoms with Crippen LogP contribution in [0, 0.1) is 11.7 Å². The second-order valence-electron chi connectivity index (χ2n) is 7.94. The van der Waals surface area contributed by atoms with E-state index in [0.717, 1.165) is 0 Å². The Labute approximate surface area is 185 Å². The Morgan fingerprint density at radius 3 is 1.97 bits per heavy atom. The highest BCUT2D eigenvalue weighted by atomic mass is 19.4. The maximum atomic E-state index is 13.4. The number of rotatable bonds is 5. The molecule has 3 rings (SSSR count). The molecule has 0 radical (unpaired) electrons. The number of esters is 1. The summed E-state index contributed by atoms with van der Waals surface area (Å²) in [6.07, 6.45) is -11.2. The largest absolute Gasteiger partial charge is 0.469 e. The average Bonchev–Trinajstić information content (AvgIpc) is 3.15. The molecule has 0 aromatic heterocycles. The van der Waals surface area contributed by atoms with Gasteiger partial charge in [0.2, 0.25) is 0 Å². The lowest BCUT2D eigenvalue weighted by Crippen LogP contribution is -2.27. The molecule has 33 heavy (non-hydrogen) atoms. The summed E-state index contributed by atoms with van der Waals surface area (Å²) < 4.78 is 103. The molecule has 2 aromatic carbocycles. The van der Waals surface area contributed by atoms with Crippen LogP contribution in [0.1, 0.15) is 54.0 Å². The van der Waals surface area contributed by atoms with Gasteiger partial charge in [0.05, 0.1) is 36.4 Å². The Kier molecular flexibility index (Phi) is 7.07. The zero-order chi connectivity index (χ0) is 24.6.